The third kappa shape index (κ3) is 5.13. The van der Waals surface area contributed by atoms with E-state index < -0.39 is 0 Å². The van der Waals surface area contributed by atoms with Crippen LogP contribution in [0.4, 0.5) is 4.79 Å². The third-order valence-corrected chi connectivity index (χ3v) is 5.19. The van der Waals surface area contributed by atoms with Crippen molar-refractivity contribution in [1.82, 2.24) is 25.4 Å². The minimum Gasteiger partial charge on any atom is -0.338 e. The predicted molar refractivity (Wildman–Crippen MR) is 113 cm³/mol. The second-order valence-corrected chi connectivity index (χ2v) is 7.50. The molecule has 0 fully saturated rings. The highest BCUT2D eigenvalue weighted by molar-refractivity contribution is 7.98. The van der Waals surface area contributed by atoms with E-state index in [0.29, 0.717) is 18.9 Å². The van der Waals surface area contributed by atoms with Crippen molar-refractivity contribution in [2.75, 3.05) is 6.54 Å². The maximum atomic E-state index is 11.8. The van der Waals surface area contributed by atoms with Crippen LogP contribution in [-0.4, -0.2) is 27.3 Å². The molecule has 0 saturated carbocycles. The Morgan fingerprint density at radius 3 is 2.54 bits per heavy atom. The van der Waals surface area contributed by atoms with Gasteiger partial charge in [-0.3, -0.25) is 4.57 Å². The van der Waals surface area contributed by atoms with Gasteiger partial charge >= 0.3 is 6.03 Å². The standard InChI is InChI=1S/C21H25N5OS/c1-4-22-20(27)23-13-19-24-25-21(26(19)18-10-8-15(2)9-11-18)28-14-17-7-5-6-16(3)12-17/h5-12H,4,13-14H2,1-3H3,(H2,22,23,27). The highest BCUT2D eigenvalue weighted by atomic mass is 32.2. The van der Waals surface area contributed by atoms with E-state index in [2.05, 4.69) is 71.1 Å². The number of thioether (sulfide) groups is 1. The predicted octanol–water partition coefficient (Wildman–Crippen LogP) is 4.00. The molecular formula is C21H25N5OS. The van der Waals surface area contributed by atoms with E-state index in [9.17, 15) is 4.79 Å². The number of nitrogens with one attached hydrogen (secondary N) is 2. The lowest BCUT2D eigenvalue weighted by Gasteiger charge is -2.11. The molecule has 0 saturated heterocycles. The Balaban J connectivity index is 1.84. The van der Waals surface area contributed by atoms with E-state index in [0.717, 1.165) is 16.6 Å². The van der Waals surface area contributed by atoms with Crippen molar-refractivity contribution < 1.29 is 4.79 Å². The SMILES string of the molecule is CCNC(=O)NCc1nnc(SCc2cccc(C)c2)n1-c1ccc(C)cc1. The molecule has 0 radical (unpaired) electrons. The quantitative estimate of drug-likeness (QED) is 0.593. The maximum Gasteiger partial charge on any atom is 0.315 e. The first-order chi connectivity index (χ1) is 13.6. The van der Waals surface area contributed by atoms with Crippen LogP contribution < -0.4 is 10.6 Å². The lowest BCUT2D eigenvalue weighted by atomic mass is 10.2. The van der Waals surface area contributed by atoms with Gasteiger partial charge in [0.15, 0.2) is 11.0 Å². The number of nitrogens with zero attached hydrogens (tertiary/aromatic N) is 3. The van der Waals surface area contributed by atoms with Crippen molar-refractivity contribution in [1.29, 1.82) is 0 Å². The number of urea groups is 1. The molecule has 146 valence electrons. The van der Waals surface area contributed by atoms with Gasteiger partial charge in [-0.15, -0.1) is 10.2 Å². The molecule has 1 heterocycles. The van der Waals surface area contributed by atoms with E-state index in [-0.39, 0.29) is 6.03 Å². The molecule has 3 rings (SSSR count). The number of carbonyl (C=O) groups is 1. The van der Waals surface area contributed by atoms with E-state index >= 15 is 0 Å². The highest BCUT2D eigenvalue weighted by Crippen LogP contribution is 2.25. The van der Waals surface area contributed by atoms with Crippen molar-refractivity contribution in [2.24, 2.45) is 0 Å². The Bertz CT molecular complexity index is 936. The van der Waals surface area contributed by atoms with Crippen LogP contribution in [0.1, 0.15) is 29.4 Å². The molecule has 7 heteroatoms. The Kier molecular flexibility index (Phi) is 6.71. The number of hydrogen-bond donors (Lipinski definition) is 2. The molecule has 0 bridgehead atoms. The summed E-state index contributed by atoms with van der Waals surface area (Å²) < 4.78 is 2.01. The molecule has 3 aromatic rings. The van der Waals surface area contributed by atoms with Crippen LogP contribution in [0.2, 0.25) is 0 Å². The van der Waals surface area contributed by atoms with E-state index in [1.54, 1.807) is 11.8 Å². The number of benzene rings is 2. The van der Waals surface area contributed by atoms with Crippen molar-refractivity contribution >= 4 is 17.8 Å². The molecule has 1 aromatic heterocycles. The largest absolute Gasteiger partial charge is 0.338 e. The van der Waals surface area contributed by atoms with Crippen LogP contribution in [-0.2, 0) is 12.3 Å². The van der Waals surface area contributed by atoms with Gasteiger partial charge in [0, 0.05) is 18.0 Å². The average Bonchev–Trinajstić information content (AvgIpc) is 3.08. The van der Waals surface area contributed by atoms with Crippen LogP contribution in [0.3, 0.4) is 0 Å². The van der Waals surface area contributed by atoms with Crippen molar-refractivity contribution in [3.8, 4) is 5.69 Å². The summed E-state index contributed by atoms with van der Waals surface area (Å²) in [6.07, 6.45) is 0. The molecule has 2 N–H and O–H groups in total. The second-order valence-electron chi connectivity index (χ2n) is 6.56. The zero-order valence-electron chi connectivity index (χ0n) is 16.4. The van der Waals surface area contributed by atoms with Crippen LogP contribution in [0.15, 0.2) is 53.7 Å². The molecule has 0 unspecified atom stereocenters. The number of carbonyl (C=O) groups excluding carboxylic acids is 1. The summed E-state index contributed by atoms with van der Waals surface area (Å²) in [4.78, 5) is 11.8. The summed E-state index contributed by atoms with van der Waals surface area (Å²) in [5, 5.41) is 15.1. The normalized spacial score (nSPS) is 10.7. The molecule has 28 heavy (non-hydrogen) atoms. The lowest BCUT2D eigenvalue weighted by molar-refractivity contribution is 0.240. The Morgan fingerprint density at radius 1 is 1.04 bits per heavy atom. The van der Waals surface area contributed by atoms with Gasteiger partial charge < -0.3 is 10.6 Å². The van der Waals surface area contributed by atoms with Crippen LogP contribution >= 0.6 is 11.8 Å². The lowest BCUT2D eigenvalue weighted by Crippen LogP contribution is -2.35. The summed E-state index contributed by atoms with van der Waals surface area (Å²) in [7, 11) is 0. The summed E-state index contributed by atoms with van der Waals surface area (Å²) >= 11 is 1.63. The highest BCUT2D eigenvalue weighted by Gasteiger charge is 2.15. The van der Waals surface area contributed by atoms with Crippen molar-refractivity contribution in [3.63, 3.8) is 0 Å². The molecule has 0 atom stereocenters. The fraction of sp³-hybridized carbons (Fsp3) is 0.286. The summed E-state index contributed by atoms with van der Waals surface area (Å²) in [5.74, 6) is 1.50. The summed E-state index contributed by atoms with van der Waals surface area (Å²) in [6, 6.07) is 16.5. The molecule has 2 aromatic carbocycles. The van der Waals surface area contributed by atoms with Crippen molar-refractivity contribution in [2.45, 2.75) is 38.2 Å². The summed E-state index contributed by atoms with van der Waals surface area (Å²) in [5.41, 5.74) is 4.65. The van der Waals surface area contributed by atoms with Gasteiger partial charge in [-0.1, -0.05) is 59.3 Å². The molecule has 0 aliphatic heterocycles. The number of amides is 2. The Morgan fingerprint density at radius 2 is 1.82 bits per heavy atom. The van der Waals surface area contributed by atoms with Gasteiger partial charge in [0.1, 0.15) is 0 Å². The monoisotopic (exact) mass is 395 g/mol. The molecule has 2 amide bonds. The van der Waals surface area contributed by atoms with Gasteiger partial charge in [-0.05, 0) is 38.5 Å². The van der Waals surface area contributed by atoms with Gasteiger partial charge in [0.25, 0.3) is 0 Å². The van der Waals surface area contributed by atoms with E-state index in [4.69, 9.17) is 0 Å². The first-order valence-electron chi connectivity index (χ1n) is 9.28. The molecule has 0 spiro atoms. The van der Waals surface area contributed by atoms with Crippen molar-refractivity contribution in [3.05, 3.63) is 71.0 Å². The van der Waals surface area contributed by atoms with Gasteiger partial charge in [0.2, 0.25) is 0 Å². The molecule has 0 aliphatic rings. The van der Waals surface area contributed by atoms with Crippen LogP contribution in [0.25, 0.3) is 5.69 Å². The Hall–Kier alpha value is -2.80. The van der Waals surface area contributed by atoms with Gasteiger partial charge in [-0.25, -0.2) is 4.79 Å². The number of hydrogen-bond acceptors (Lipinski definition) is 4. The molecular weight excluding hydrogens is 370 g/mol. The smallest absolute Gasteiger partial charge is 0.315 e. The minimum atomic E-state index is -0.213. The van der Waals surface area contributed by atoms with E-state index in [1.165, 1.54) is 16.7 Å². The van der Waals surface area contributed by atoms with Gasteiger partial charge in [-0.2, -0.15) is 0 Å². The molecule has 0 aliphatic carbocycles. The van der Waals surface area contributed by atoms with E-state index in [1.807, 2.05) is 23.6 Å². The maximum absolute atomic E-state index is 11.8. The zero-order valence-corrected chi connectivity index (χ0v) is 17.2. The second kappa shape index (κ2) is 9.41. The molecule has 6 nitrogen and oxygen atoms in total. The first kappa shape index (κ1) is 19.9. The fourth-order valence-electron chi connectivity index (χ4n) is 2.79. The first-order valence-corrected chi connectivity index (χ1v) is 10.3. The summed E-state index contributed by atoms with van der Waals surface area (Å²) in [6.45, 7) is 6.91. The zero-order chi connectivity index (χ0) is 19.9. The number of rotatable bonds is 7. The Labute approximate surface area is 169 Å². The number of aryl methyl sites for hydroxylation is 2. The topological polar surface area (TPSA) is 71.8 Å². The van der Waals surface area contributed by atoms with Gasteiger partial charge in [0.05, 0.1) is 6.54 Å². The minimum absolute atomic E-state index is 0.213. The van der Waals surface area contributed by atoms with Crippen LogP contribution in [0, 0.1) is 13.8 Å². The van der Waals surface area contributed by atoms with Crippen LogP contribution in [0.5, 0.6) is 0 Å². The third-order valence-electron chi connectivity index (χ3n) is 4.19. The fourth-order valence-corrected chi connectivity index (χ4v) is 3.71. The number of aromatic nitrogens is 3. The average molecular weight is 396 g/mol.